The first-order chi connectivity index (χ1) is 8.54. The Labute approximate surface area is 111 Å². The summed E-state index contributed by atoms with van der Waals surface area (Å²) in [5.41, 5.74) is 3.32. The average molecular weight is 266 g/mol. The van der Waals surface area contributed by atoms with Crippen molar-refractivity contribution in [1.29, 1.82) is 0 Å². The quantitative estimate of drug-likeness (QED) is 0.894. The molecule has 0 aliphatic rings. The lowest BCUT2D eigenvalue weighted by Gasteiger charge is -2.04. The Morgan fingerprint density at radius 2 is 2.11 bits per heavy atom. The van der Waals surface area contributed by atoms with Gasteiger partial charge in [0.05, 0.1) is 11.3 Å². The smallest absolute Gasteiger partial charge is 0.275 e. The largest absolute Gasteiger partial charge is 0.315 e. The molecule has 0 unspecified atom stereocenters. The Kier molecular flexibility index (Phi) is 3.59. The highest BCUT2D eigenvalue weighted by Crippen LogP contribution is 2.18. The van der Waals surface area contributed by atoms with E-state index >= 15 is 0 Å². The minimum atomic E-state index is -0.0400. The average Bonchev–Trinajstić information content (AvgIpc) is 2.61. The van der Waals surface area contributed by atoms with Crippen LogP contribution in [0, 0.1) is 13.8 Å². The van der Waals surface area contributed by atoms with Crippen molar-refractivity contribution in [3.05, 3.63) is 50.4 Å². The third kappa shape index (κ3) is 2.21. The zero-order chi connectivity index (χ0) is 13.3. The van der Waals surface area contributed by atoms with E-state index in [1.807, 2.05) is 33.0 Å². The van der Waals surface area contributed by atoms with E-state index < -0.39 is 0 Å². The molecule has 0 saturated carbocycles. The molecule has 1 aromatic carbocycles. The van der Waals surface area contributed by atoms with E-state index in [0.29, 0.717) is 11.6 Å². The van der Waals surface area contributed by atoms with Crippen LogP contribution in [-0.4, -0.2) is 16.8 Å². The molecule has 1 aromatic heterocycles. The fraction of sp³-hybridized carbons (Fsp3) is 0.308. The summed E-state index contributed by atoms with van der Waals surface area (Å²) in [7, 11) is 1.82. The zero-order valence-corrected chi connectivity index (χ0v) is 11.4. The summed E-state index contributed by atoms with van der Waals surface area (Å²) in [5.74, 6) is 0. The summed E-state index contributed by atoms with van der Waals surface area (Å²) in [5, 5.41) is 6.71. The summed E-state index contributed by atoms with van der Waals surface area (Å²) in [4.78, 5) is 12.2. The molecule has 4 nitrogen and oxygen atoms in total. The van der Waals surface area contributed by atoms with Crippen molar-refractivity contribution in [2.45, 2.75) is 20.4 Å². The Hall–Kier alpha value is -1.52. The second kappa shape index (κ2) is 5.00. The fourth-order valence-electron chi connectivity index (χ4n) is 1.87. The van der Waals surface area contributed by atoms with Crippen molar-refractivity contribution in [3.8, 4) is 5.69 Å². The molecule has 5 heteroatoms. The first-order valence-corrected chi connectivity index (χ1v) is 6.14. The van der Waals surface area contributed by atoms with E-state index in [1.165, 1.54) is 4.68 Å². The summed E-state index contributed by atoms with van der Waals surface area (Å²) in [6.07, 6.45) is 0. The number of aryl methyl sites for hydroxylation is 2. The molecule has 96 valence electrons. The second-order valence-electron chi connectivity index (χ2n) is 4.32. The molecule has 0 amide bonds. The number of hydrogen-bond donors (Lipinski definition) is 2. The normalized spacial score (nSPS) is 10.9. The highest BCUT2D eigenvalue weighted by atomic mass is 35.5. The van der Waals surface area contributed by atoms with E-state index in [0.717, 1.165) is 22.5 Å². The zero-order valence-electron chi connectivity index (χ0n) is 10.7. The number of nitrogens with one attached hydrogen (secondary N) is 2. The summed E-state index contributed by atoms with van der Waals surface area (Å²) in [6.45, 7) is 4.37. The van der Waals surface area contributed by atoms with Crippen LogP contribution in [0.1, 0.15) is 16.8 Å². The van der Waals surface area contributed by atoms with Crippen molar-refractivity contribution >= 4 is 11.6 Å². The van der Waals surface area contributed by atoms with Gasteiger partial charge in [-0.15, -0.1) is 0 Å². The van der Waals surface area contributed by atoms with Crippen molar-refractivity contribution in [3.63, 3.8) is 0 Å². The van der Waals surface area contributed by atoms with Gasteiger partial charge in [0.25, 0.3) is 5.56 Å². The molecule has 2 N–H and O–H groups in total. The summed E-state index contributed by atoms with van der Waals surface area (Å²) >= 11 is 6.08. The van der Waals surface area contributed by atoms with Gasteiger partial charge in [0.2, 0.25) is 0 Å². The molecule has 2 rings (SSSR count). The van der Waals surface area contributed by atoms with Crippen LogP contribution in [-0.2, 0) is 6.54 Å². The molecule has 0 spiro atoms. The third-order valence-electron chi connectivity index (χ3n) is 2.96. The van der Waals surface area contributed by atoms with Gasteiger partial charge in [-0.2, -0.15) is 0 Å². The van der Waals surface area contributed by atoms with E-state index in [2.05, 4.69) is 10.4 Å². The van der Waals surface area contributed by atoms with Crippen LogP contribution in [0.5, 0.6) is 0 Å². The number of aromatic nitrogens is 2. The molecule has 1 heterocycles. The van der Waals surface area contributed by atoms with Gasteiger partial charge in [0, 0.05) is 17.3 Å². The van der Waals surface area contributed by atoms with Crippen LogP contribution in [0.15, 0.2) is 23.0 Å². The maximum absolute atomic E-state index is 12.2. The van der Waals surface area contributed by atoms with E-state index in [1.54, 1.807) is 6.07 Å². The standard InChI is InChI=1S/C13H16ClN3O/c1-8-4-5-10(6-12(8)14)17-13(18)11(7-15-3)9(2)16-17/h4-6,15-16H,7H2,1-3H3. The van der Waals surface area contributed by atoms with Crippen LogP contribution < -0.4 is 10.9 Å². The van der Waals surface area contributed by atoms with Crippen LogP contribution in [0.3, 0.4) is 0 Å². The maximum Gasteiger partial charge on any atom is 0.275 e. The Morgan fingerprint density at radius 3 is 2.72 bits per heavy atom. The molecular weight excluding hydrogens is 250 g/mol. The lowest BCUT2D eigenvalue weighted by molar-refractivity contribution is 0.801. The number of rotatable bonds is 3. The molecule has 0 fully saturated rings. The highest BCUT2D eigenvalue weighted by Gasteiger charge is 2.11. The number of hydrogen-bond acceptors (Lipinski definition) is 2. The van der Waals surface area contributed by atoms with Gasteiger partial charge in [-0.1, -0.05) is 17.7 Å². The molecule has 18 heavy (non-hydrogen) atoms. The Bertz CT molecular complexity index is 628. The van der Waals surface area contributed by atoms with Crippen LogP contribution >= 0.6 is 11.6 Å². The molecule has 0 aliphatic heterocycles. The van der Waals surface area contributed by atoms with E-state index in [9.17, 15) is 4.79 Å². The van der Waals surface area contributed by atoms with Gasteiger partial charge in [-0.3, -0.25) is 9.89 Å². The Balaban J connectivity index is 2.54. The van der Waals surface area contributed by atoms with Gasteiger partial charge < -0.3 is 5.32 Å². The molecule has 0 aliphatic carbocycles. The van der Waals surface area contributed by atoms with E-state index in [4.69, 9.17) is 11.6 Å². The molecular formula is C13H16ClN3O. The molecule has 0 bridgehead atoms. The first kappa shape index (κ1) is 12.9. The molecule has 0 atom stereocenters. The number of nitrogens with zero attached hydrogens (tertiary/aromatic N) is 1. The molecule has 2 aromatic rings. The van der Waals surface area contributed by atoms with Crippen LogP contribution in [0.2, 0.25) is 5.02 Å². The molecule has 0 saturated heterocycles. The van der Waals surface area contributed by atoms with Gasteiger partial charge in [0.15, 0.2) is 0 Å². The monoisotopic (exact) mass is 265 g/mol. The fourth-order valence-corrected chi connectivity index (χ4v) is 2.04. The lowest BCUT2D eigenvalue weighted by Crippen LogP contribution is -2.20. The predicted octanol–water partition coefficient (Wildman–Crippen LogP) is 2.16. The van der Waals surface area contributed by atoms with Crippen molar-refractivity contribution < 1.29 is 0 Å². The Morgan fingerprint density at radius 1 is 1.39 bits per heavy atom. The second-order valence-corrected chi connectivity index (χ2v) is 4.73. The van der Waals surface area contributed by atoms with Crippen molar-refractivity contribution in [2.75, 3.05) is 7.05 Å². The first-order valence-electron chi connectivity index (χ1n) is 5.76. The van der Waals surface area contributed by atoms with Crippen molar-refractivity contribution in [1.82, 2.24) is 15.1 Å². The van der Waals surface area contributed by atoms with Gasteiger partial charge in [0.1, 0.15) is 0 Å². The minimum absolute atomic E-state index is 0.0400. The minimum Gasteiger partial charge on any atom is -0.315 e. The summed E-state index contributed by atoms with van der Waals surface area (Å²) < 4.78 is 1.52. The summed E-state index contributed by atoms with van der Waals surface area (Å²) in [6, 6.07) is 5.57. The third-order valence-corrected chi connectivity index (χ3v) is 3.37. The topological polar surface area (TPSA) is 49.8 Å². The number of aromatic amines is 1. The van der Waals surface area contributed by atoms with Gasteiger partial charge >= 0.3 is 0 Å². The van der Waals surface area contributed by atoms with Crippen LogP contribution in [0.4, 0.5) is 0 Å². The SMILES string of the molecule is CNCc1c(C)[nH]n(-c2ccc(C)c(Cl)c2)c1=O. The number of H-pyrrole nitrogens is 1. The van der Waals surface area contributed by atoms with E-state index in [-0.39, 0.29) is 5.56 Å². The van der Waals surface area contributed by atoms with Gasteiger partial charge in [-0.25, -0.2) is 4.68 Å². The van der Waals surface area contributed by atoms with Gasteiger partial charge in [-0.05, 0) is 38.6 Å². The number of halogens is 1. The number of benzene rings is 1. The van der Waals surface area contributed by atoms with Crippen LogP contribution in [0.25, 0.3) is 5.69 Å². The lowest BCUT2D eigenvalue weighted by atomic mass is 10.2. The van der Waals surface area contributed by atoms with Crippen molar-refractivity contribution in [2.24, 2.45) is 0 Å². The highest BCUT2D eigenvalue weighted by molar-refractivity contribution is 6.31. The maximum atomic E-state index is 12.2. The molecule has 0 radical (unpaired) electrons. The predicted molar refractivity (Wildman–Crippen MR) is 73.6 cm³/mol.